The van der Waals surface area contributed by atoms with Crippen molar-refractivity contribution in [2.75, 3.05) is 37.0 Å². The van der Waals surface area contributed by atoms with Gasteiger partial charge in [0.2, 0.25) is 0 Å². The number of nitrogens with zero attached hydrogens (tertiary/aromatic N) is 3. The Bertz CT molecular complexity index is 1100. The molecule has 29 heavy (non-hydrogen) atoms. The first kappa shape index (κ1) is 19.9. The van der Waals surface area contributed by atoms with Gasteiger partial charge in [-0.15, -0.1) is 0 Å². The minimum atomic E-state index is -0.725. The van der Waals surface area contributed by atoms with E-state index in [-0.39, 0.29) is 30.3 Å². The number of nitrogens with two attached hydrogens (primary N) is 1. The Hall–Kier alpha value is -2.39. The van der Waals surface area contributed by atoms with Gasteiger partial charge in [0.05, 0.1) is 29.8 Å². The average Bonchev–Trinajstić information content (AvgIpc) is 3.47. The predicted molar refractivity (Wildman–Crippen MR) is 108 cm³/mol. The number of hydrogen-bond donors (Lipinski definition) is 3. The molecule has 2 heterocycles. The van der Waals surface area contributed by atoms with Crippen molar-refractivity contribution in [1.29, 1.82) is 0 Å². The summed E-state index contributed by atoms with van der Waals surface area (Å²) in [4.78, 5) is 27.0. The van der Waals surface area contributed by atoms with Crippen LogP contribution < -0.4 is 22.0 Å². The zero-order valence-electron chi connectivity index (χ0n) is 16.9. The first-order valence-electron chi connectivity index (χ1n) is 9.80. The van der Waals surface area contributed by atoms with Gasteiger partial charge in [0.15, 0.2) is 0 Å². The summed E-state index contributed by atoms with van der Waals surface area (Å²) in [7, 11) is 0. The SMILES string of the molecule is Cc1c(N2CC(C)(CO)C(C)(CO)C2)c(F)cc2c(=O)n(N)c(=O)n(C3CC3)c12. The second kappa shape index (κ2) is 6.30. The summed E-state index contributed by atoms with van der Waals surface area (Å²) in [5.41, 5.74) is -1.41. The van der Waals surface area contributed by atoms with Crippen LogP contribution in [0, 0.1) is 23.6 Å². The zero-order valence-corrected chi connectivity index (χ0v) is 16.9. The molecule has 2 atom stereocenters. The largest absolute Gasteiger partial charge is 0.396 e. The van der Waals surface area contributed by atoms with Gasteiger partial charge in [0.25, 0.3) is 5.56 Å². The van der Waals surface area contributed by atoms with E-state index in [2.05, 4.69) is 0 Å². The van der Waals surface area contributed by atoms with E-state index >= 15 is 4.39 Å². The van der Waals surface area contributed by atoms with E-state index in [1.165, 1.54) is 4.57 Å². The van der Waals surface area contributed by atoms with E-state index in [0.29, 0.717) is 28.8 Å². The number of aromatic nitrogens is 2. The van der Waals surface area contributed by atoms with Crippen LogP contribution in [0.2, 0.25) is 0 Å². The molecule has 158 valence electrons. The molecule has 0 spiro atoms. The maximum atomic E-state index is 15.3. The van der Waals surface area contributed by atoms with Crippen LogP contribution in [0.25, 0.3) is 10.9 Å². The summed E-state index contributed by atoms with van der Waals surface area (Å²) < 4.78 is 17.3. The number of aliphatic hydroxyl groups excluding tert-OH is 2. The molecule has 1 aromatic heterocycles. The molecule has 9 heteroatoms. The molecular formula is C20H27FN4O4. The van der Waals surface area contributed by atoms with Crippen LogP contribution in [-0.2, 0) is 0 Å². The summed E-state index contributed by atoms with van der Waals surface area (Å²) in [6.45, 7) is 5.80. The monoisotopic (exact) mass is 406 g/mol. The van der Waals surface area contributed by atoms with Crippen molar-refractivity contribution >= 4 is 16.6 Å². The molecule has 2 aromatic rings. The molecule has 2 unspecified atom stereocenters. The minimum Gasteiger partial charge on any atom is -0.396 e. The van der Waals surface area contributed by atoms with Crippen LogP contribution >= 0.6 is 0 Å². The highest BCUT2D eigenvalue weighted by atomic mass is 19.1. The molecule has 1 aliphatic carbocycles. The van der Waals surface area contributed by atoms with Gasteiger partial charge in [-0.2, -0.15) is 4.68 Å². The lowest BCUT2D eigenvalue weighted by molar-refractivity contribution is 0.00976. The van der Waals surface area contributed by atoms with Crippen molar-refractivity contribution in [1.82, 2.24) is 9.24 Å². The van der Waals surface area contributed by atoms with E-state index in [1.54, 1.807) is 11.8 Å². The second-order valence-corrected chi connectivity index (χ2v) is 9.08. The number of hydrogen-bond acceptors (Lipinski definition) is 6. The number of halogens is 1. The summed E-state index contributed by atoms with van der Waals surface area (Å²) >= 11 is 0. The third kappa shape index (κ3) is 2.63. The van der Waals surface area contributed by atoms with Gasteiger partial charge in [0, 0.05) is 35.5 Å². The number of nitrogen functional groups attached to an aromatic ring is 1. The maximum Gasteiger partial charge on any atom is 0.350 e. The van der Waals surface area contributed by atoms with Crippen molar-refractivity contribution in [2.24, 2.45) is 10.8 Å². The molecule has 4 rings (SSSR count). The zero-order chi connectivity index (χ0) is 21.3. The quantitative estimate of drug-likeness (QED) is 0.637. The Labute approximate surface area is 166 Å². The molecule has 4 N–H and O–H groups in total. The number of rotatable bonds is 4. The maximum absolute atomic E-state index is 15.3. The van der Waals surface area contributed by atoms with Crippen LogP contribution in [0.3, 0.4) is 0 Å². The van der Waals surface area contributed by atoms with Gasteiger partial charge >= 0.3 is 5.69 Å². The van der Waals surface area contributed by atoms with Gasteiger partial charge < -0.3 is 21.0 Å². The summed E-state index contributed by atoms with van der Waals surface area (Å²) in [6.07, 6.45) is 1.60. The molecule has 2 fully saturated rings. The number of anilines is 1. The van der Waals surface area contributed by atoms with E-state index in [1.807, 2.05) is 13.8 Å². The lowest BCUT2D eigenvalue weighted by atomic mass is 9.69. The predicted octanol–water partition coefficient (Wildman–Crippen LogP) is 0.477. The summed E-state index contributed by atoms with van der Waals surface area (Å²) in [5, 5.41) is 20.0. The van der Waals surface area contributed by atoms with Crippen LogP contribution in [0.4, 0.5) is 10.1 Å². The van der Waals surface area contributed by atoms with Crippen LogP contribution in [0.5, 0.6) is 0 Å². The van der Waals surface area contributed by atoms with Crippen LogP contribution in [0.1, 0.15) is 38.3 Å². The Morgan fingerprint density at radius 2 is 1.72 bits per heavy atom. The van der Waals surface area contributed by atoms with E-state index < -0.39 is 27.9 Å². The molecule has 1 saturated carbocycles. The average molecular weight is 406 g/mol. The van der Waals surface area contributed by atoms with Gasteiger partial charge in [-0.1, -0.05) is 13.8 Å². The van der Waals surface area contributed by atoms with Crippen molar-refractivity contribution in [3.05, 3.63) is 38.3 Å². The van der Waals surface area contributed by atoms with Crippen molar-refractivity contribution < 1.29 is 14.6 Å². The summed E-state index contributed by atoms with van der Waals surface area (Å²) in [6, 6.07) is 1.09. The first-order chi connectivity index (χ1) is 13.6. The van der Waals surface area contributed by atoms with Crippen molar-refractivity contribution in [3.8, 4) is 0 Å². The molecular weight excluding hydrogens is 379 g/mol. The van der Waals surface area contributed by atoms with Crippen molar-refractivity contribution in [3.63, 3.8) is 0 Å². The molecule has 8 nitrogen and oxygen atoms in total. The topological polar surface area (TPSA) is 114 Å². The smallest absolute Gasteiger partial charge is 0.350 e. The number of benzene rings is 1. The highest BCUT2D eigenvalue weighted by Crippen LogP contribution is 2.48. The Kier molecular flexibility index (Phi) is 4.33. The fraction of sp³-hybridized carbons (Fsp3) is 0.600. The van der Waals surface area contributed by atoms with Crippen molar-refractivity contribution in [2.45, 2.75) is 39.7 Å². The van der Waals surface area contributed by atoms with Gasteiger partial charge in [-0.25, -0.2) is 9.18 Å². The third-order valence-electron chi connectivity index (χ3n) is 7.03. The Morgan fingerprint density at radius 1 is 1.17 bits per heavy atom. The lowest BCUT2D eigenvalue weighted by Gasteiger charge is -2.36. The van der Waals surface area contributed by atoms with Crippen LogP contribution in [-0.4, -0.2) is 45.8 Å². The standard InChI is InChI=1S/C20H27FN4O4/c1-11-15-13(17(28)25(22)18(29)24(15)12-4-5-12)6-14(21)16(11)23-7-19(2,9-26)20(3,8-23)10-27/h6,12,26-27H,4-5,7-10,22H2,1-3H3. The Balaban J connectivity index is 1.99. The molecule has 0 amide bonds. The summed E-state index contributed by atoms with van der Waals surface area (Å²) in [5.74, 6) is 5.08. The van der Waals surface area contributed by atoms with Gasteiger partial charge in [-0.05, 0) is 25.8 Å². The first-order valence-corrected chi connectivity index (χ1v) is 9.80. The fourth-order valence-electron chi connectivity index (χ4n) is 4.64. The third-order valence-corrected chi connectivity index (χ3v) is 7.03. The molecule has 0 radical (unpaired) electrons. The number of aliphatic hydroxyl groups is 2. The van der Waals surface area contributed by atoms with Gasteiger partial charge in [-0.3, -0.25) is 9.36 Å². The number of aryl methyl sites for hydroxylation is 1. The van der Waals surface area contributed by atoms with E-state index in [4.69, 9.17) is 5.84 Å². The minimum absolute atomic E-state index is 0.0543. The molecule has 2 aliphatic rings. The second-order valence-electron chi connectivity index (χ2n) is 9.08. The van der Waals surface area contributed by atoms with E-state index in [0.717, 1.165) is 18.9 Å². The highest BCUT2D eigenvalue weighted by Gasteiger charge is 2.52. The van der Waals surface area contributed by atoms with E-state index in [9.17, 15) is 19.8 Å². The highest BCUT2D eigenvalue weighted by molar-refractivity contribution is 5.87. The molecule has 1 saturated heterocycles. The molecule has 1 aromatic carbocycles. The fourth-order valence-corrected chi connectivity index (χ4v) is 4.64. The lowest BCUT2D eigenvalue weighted by Crippen LogP contribution is -2.44. The van der Waals surface area contributed by atoms with Gasteiger partial charge in [0.1, 0.15) is 5.82 Å². The van der Waals surface area contributed by atoms with Crippen LogP contribution in [0.15, 0.2) is 15.7 Å². The Morgan fingerprint density at radius 3 is 2.21 bits per heavy atom. The number of fused-ring (bicyclic) bond motifs is 1. The molecule has 0 bridgehead atoms. The molecule has 1 aliphatic heterocycles. The normalized spacial score (nSPS) is 27.2.